The number of rotatable bonds is 12. The number of carbonyl (C=O) groups excluding carboxylic acids is 8. The van der Waals surface area contributed by atoms with E-state index in [1.165, 1.54) is 19.6 Å². The quantitative estimate of drug-likeness (QED) is 0.0659. The summed E-state index contributed by atoms with van der Waals surface area (Å²) in [5.74, 6) is -3.46. The molecule has 8 amide bonds. The largest absolute Gasteiger partial charge is 0.377 e. The van der Waals surface area contributed by atoms with Crippen LogP contribution in [-0.2, 0) is 17.6 Å². The minimum atomic E-state index is -0.756. The average Bonchev–Trinajstić information content (AvgIpc) is 0.806. The van der Waals surface area contributed by atoms with Gasteiger partial charge in [-0.2, -0.15) is 0 Å². The summed E-state index contributed by atoms with van der Waals surface area (Å²) in [6.07, 6.45) is 0.934. The van der Waals surface area contributed by atoms with E-state index < -0.39 is 35.7 Å². The summed E-state index contributed by atoms with van der Waals surface area (Å²) in [5, 5.41) is 12.7. The van der Waals surface area contributed by atoms with E-state index in [1.54, 1.807) is 86.6 Å². The van der Waals surface area contributed by atoms with Gasteiger partial charge in [-0.25, -0.2) is 0 Å². The van der Waals surface area contributed by atoms with Crippen molar-refractivity contribution in [1.29, 1.82) is 0 Å². The molecule has 2 atom stereocenters. The molecule has 0 saturated heterocycles. The first kappa shape index (κ1) is 51.0. The third kappa shape index (κ3) is 7.08. The second kappa shape index (κ2) is 18.4. The number of ether oxygens (including phenoxy) is 1. The SMILES string of the molecule is CC(COCC(C)N1C(=O)c2ccc3c4ccc5c6c(ccc(c7ccc(c2c37)C1=O)c64)C(=O)N(CCc1ccc(Cl)cc1)C5=O)N1C(=O)c2ccc3c4ccc5c6c(ccc(c7ccc(c2c37)C1=O)c64)C(=O)N(CCc1ccc(Cl)cc1)C5=O. The van der Waals surface area contributed by atoms with Gasteiger partial charge in [-0.1, -0.05) is 96.0 Å². The summed E-state index contributed by atoms with van der Waals surface area (Å²) >= 11 is 12.2. The summed E-state index contributed by atoms with van der Waals surface area (Å²) in [7, 11) is 0. The molecule has 4 heterocycles. The van der Waals surface area contributed by atoms with Gasteiger partial charge >= 0.3 is 0 Å². The van der Waals surface area contributed by atoms with Crippen molar-refractivity contribution in [3.05, 3.63) is 211 Å². The van der Waals surface area contributed by atoms with Crippen molar-refractivity contribution in [2.24, 2.45) is 0 Å². The lowest BCUT2D eigenvalue weighted by molar-refractivity contribution is 0.0235. The molecule has 412 valence electrons. The minimum absolute atomic E-state index is 0.0887. The molecule has 0 aliphatic carbocycles. The van der Waals surface area contributed by atoms with Gasteiger partial charge < -0.3 is 4.74 Å². The number of benzene rings is 12. The number of fused-ring (bicyclic) bond motifs is 4. The molecule has 0 bridgehead atoms. The fraction of sp³-hybridized carbons (Fsp3) is 0.143. The van der Waals surface area contributed by atoms with Crippen LogP contribution in [0.2, 0.25) is 10.0 Å². The fourth-order valence-corrected chi connectivity index (χ4v) is 14.5. The van der Waals surface area contributed by atoms with E-state index in [0.29, 0.717) is 88.9 Å². The number of hydrogen-bond acceptors (Lipinski definition) is 9. The molecule has 0 fully saturated rings. The molecule has 0 spiro atoms. The number of hydrogen-bond donors (Lipinski definition) is 0. The Balaban J connectivity index is 0.648. The lowest BCUT2D eigenvalue weighted by atomic mass is 9.82. The van der Waals surface area contributed by atoms with Gasteiger partial charge in [-0.3, -0.25) is 58.0 Å². The van der Waals surface area contributed by atoms with E-state index in [0.717, 1.165) is 75.8 Å². The maximum absolute atomic E-state index is 14.6. The summed E-state index contributed by atoms with van der Waals surface area (Å²) < 4.78 is 6.23. The predicted molar refractivity (Wildman–Crippen MR) is 327 cm³/mol. The topological polar surface area (TPSA) is 159 Å². The molecule has 85 heavy (non-hydrogen) atoms. The Hall–Kier alpha value is -9.66. The van der Waals surface area contributed by atoms with Crippen molar-refractivity contribution in [3.8, 4) is 0 Å². The lowest BCUT2D eigenvalue weighted by Crippen LogP contribution is -2.49. The molecule has 16 rings (SSSR count). The Labute approximate surface area is 493 Å². The molecular formula is C70H44Cl2N4O9. The lowest BCUT2D eigenvalue weighted by Gasteiger charge is -2.34. The van der Waals surface area contributed by atoms with E-state index in [-0.39, 0.29) is 49.9 Å². The average molecular weight is 1160 g/mol. The Morgan fingerprint density at radius 2 is 0.529 bits per heavy atom. The van der Waals surface area contributed by atoms with E-state index in [9.17, 15) is 38.4 Å². The zero-order chi connectivity index (χ0) is 58.2. The summed E-state index contributed by atoms with van der Waals surface area (Å²) in [4.78, 5) is 120. The van der Waals surface area contributed by atoms with Crippen molar-refractivity contribution < 1.29 is 43.1 Å². The molecule has 0 radical (unpaired) electrons. The number of nitrogens with zero attached hydrogens (tertiary/aromatic N) is 4. The Kier molecular flexibility index (Phi) is 11.1. The molecule has 2 unspecified atom stereocenters. The zero-order valence-corrected chi connectivity index (χ0v) is 47.0. The van der Waals surface area contributed by atoms with Crippen molar-refractivity contribution in [1.82, 2.24) is 19.6 Å². The molecule has 4 aliphatic heterocycles. The standard InChI is InChI=1S/C70H44Cl2N4O9/c1-33(75-67(81)51-23-15-43-39-11-19-47-59-48(64(78)73(63(47)77)29-27-35-3-7-37(71)8-4-35)20-12-40(55(39)59)44-16-24-52(68(75)82)61(51)57(43)44)31-85-32-34(2)76-69(83)53-25-17-45-41-13-21-49-60-50(66(80)74(65(49)79)30-28-36-5-9-38(72)10-6-36)22-14-42(56(41)60)46-18-26-54(70(76)84)62(53)58(45)46/h3-26,33-34H,27-32H2,1-2H3. The van der Waals surface area contributed by atoms with Crippen LogP contribution in [0.1, 0.15) is 108 Å². The second-order valence-corrected chi connectivity index (χ2v) is 23.6. The van der Waals surface area contributed by atoms with Crippen LogP contribution in [0.25, 0.3) is 86.2 Å². The first-order chi connectivity index (χ1) is 41.2. The highest BCUT2D eigenvalue weighted by molar-refractivity contribution is 6.43. The maximum Gasteiger partial charge on any atom is 0.261 e. The Morgan fingerprint density at radius 3 is 0.765 bits per heavy atom. The van der Waals surface area contributed by atoms with E-state index in [4.69, 9.17) is 27.9 Å². The van der Waals surface area contributed by atoms with Gasteiger partial charge in [0.2, 0.25) is 0 Å². The van der Waals surface area contributed by atoms with Crippen LogP contribution in [0.15, 0.2) is 146 Å². The number of amides is 8. The van der Waals surface area contributed by atoms with Crippen LogP contribution in [0.5, 0.6) is 0 Å². The van der Waals surface area contributed by atoms with Gasteiger partial charge in [0.25, 0.3) is 47.3 Å². The monoisotopic (exact) mass is 1150 g/mol. The van der Waals surface area contributed by atoms with Crippen molar-refractivity contribution in [2.75, 3.05) is 26.3 Å². The van der Waals surface area contributed by atoms with Crippen molar-refractivity contribution in [2.45, 2.75) is 38.8 Å². The first-order valence-electron chi connectivity index (χ1n) is 28.1. The molecular weight excluding hydrogens is 1110 g/mol. The van der Waals surface area contributed by atoms with Crippen molar-refractivity contribution in [3.63, 3.8) is 0 Å². The van der Waals surface area contributed by atoms with E-state index in [1.807, 2.05) is 72.8 Å². The van der Waals surface area contributed by atoms with Gasteiger partial charge in [-0.05, 0) is 175 Å². The van der Waals surface area contributed by atoms with Gasteiger partial charge in [-0.15, -0.1) is 0 Å². The molecule has 0 saturated carbocycles. The molecule has 12 aromatic carbocycles. The van der Waals surface area contributed by atoms with Crippen molar-refractivity contribution >= 4 is 157 Å². The highest BCUT2D eigenvalue weighted by Gasteiger charge is 2.42. The predicted octanol–water partition coefficient (Wildman–Crippen LogP) is 13.5. The summed E-state index contributed by atoms with van der Waals surface area (Å²) in [6.45, 7) is 3.66. The van der Waals surface area contributed by atoms with E-state index in [2.05, 4.69) is 0 Å². The second-order valence-electron chi connectivity index (χ2n) is 22.8. The van der Waals surface area contributed by atoms with E-state index >= 15 is 0 Å². The van der Waals surface area contributed by atoms with Crippen LogP contribution in [0.4, 0.5) is 0 Å². The number of imide groups is 4. The molecule has 13 nitrogen and oxygen atoms in total. The highest BCUT2D eigenvalue weighted by Crippen LogP contribution is 2.49. The van der Waals surface area contributed by atoms with Crippen LogP contribution < -0.4 is 0 Å². The Bertz CT molecular complexity index is 4580. The van der Waals surface area contributed by atoms with Gasteiger partial charge in [0.05, 0.1) is 25.3 Å². The molecule has 0 aromatic heterocycles. The van der Waals surface area contributed by atoms with Crippen LogP contribution in [-0.4, -0.2) is 105 Å². The summed E-state index contributed by atoms with van der Waals surface area (Å²) in [6, 6.07) is 42.1. The molecule has 4 aliphatic rings. The van der Waals surface area contributed by atoms with Crippen LogP contribution in [0, 0.1) is 0 Å². The highest BCUT2D eigenvalue weighted by atomic mass is 35.5. The molecule has 0 N–H and O–H groups in total. The summed E-state index contributed by atoms with van der Waals surface area (Å²) in [5.41, 5.74) is 4.99. The normalized spacial score (nSPS) is 15.9. The van der Waals surface area contributed by atoms with Gasteiger partial charge in [0.15, 0.2) is 0 Å². The third-order valence-electron chi connectivity index (χ3n) is 18.2. The molecule has 12 aromatic rings. The van der Waals surface area contributed by atoms with Gasteiger partial charge in [0, 0.05) is 89.2 Å². The first-order valence-corrected chi connectivity index (χ1v) is 28.9. The van der Waals surface area contributed by atoms with Crippen LogP contribution in [0.3, 0.4) is 0 Å². The molecule has 15 heteroatoms. The van der Waals surface area contributed by atoms with Crippen LogP contribution >= 0.6 is 23.2 Å². The Morgan fingerprint density at radius 1 is 0.306 bits per heavy atom. The smallest absolute Gasteiger partial charge is 0.261 e. The minimum Gasteiger partial charge on any atom is -0.377 e. The maximum atomic E-state index is 14.6. The third-order valence-corrected chi connectivity index (χ3v) is 18.7. The van der Waals surface area contributed by atoms with Gasteiger partial charge in [0.1, 0.15) is 0 Å². The number of carbonyl (C=O) groups is 8. The fourth-order valence-electron chi connectivity index (χ4n) is 14.2. The zero-order valence-electron chi connectivity index (χ0n) is 45.5. The number of halogens is 2.